The molecule has 3 heteroatoms. The lowest BCUT2D eigenvalue weighted by Gasteiger charge is -2.07. The van der Waals surface area contributed by atoms with Crippen molar-refractivity contribution < 1.29 is 5.11 Å². The molecule has 0 spiro atoms. The molecule has 3 nitrogen and oxygen atoms in total. The summed E-state index contributed by atoms with van der Waals surface area (Å²) in [5.74, 6) is 0. The molecule has 2 rings (SSSR count). The van der Waals surface area contributed by atoms with Gasteiger partial charge in [0, 0.05) is 18.6 Å². The highest BCUT2D eigenvalue weighted by molar-refractivity contribution is 5.88. The first-order valence-corrected chi connectivity index (χ1v) is 5.47. The fourth-order valence-corrected chi connectivity index (χ4v) is 2.23. The third kappa shape index (κ3) is 1.52. The molecule has 0 saturated carbocycles. The molecule has 0 saturated heterocycles. The van der Waals surface area contributed by atoms with E-state index in [1.807, 2.05) is 13.2 Å². The van der Waals surface area contributed by atoms with Gasteiger partial charge in [0.1, 0.15) is 0 Å². The van der Waals surface area contributed by atoms with Gasteiger partial charge in [-0.2, -0.15) is 0 Å². The molecule has 16 heavy (non-hydrogen) atoms. The summed E-state index contributed by atoms with van der Waals surface area (Å²) in [6.45, 7) is 4.20. The Hall–Kier alpha value is -1.32. The second-order valence-electron chi connectivity index (χ2n) is 4.39. The second kappa shape index (κ2) is 3.92. The Kier molecular flexibility index (Phi) is 2.74. The number of nitrogens with zero attached hydrogens (tertiary/aromatic N) is 1. The smallest absolute Gasteiger partial charge is 0.0625 e. The van der Waals surface area contributed by atoms with Crippen molar-refractivity contribution in [3.63, 3.8) is 0 Å². The van der Waals surface area contributed by atoms with Gasteiger partial charge in [-0.1, -0.05) is 12.1 Å². The number of fused-ring (bicyclic) bond motifs is 1. The summed E-state index contributed by atoms with van der Waals surface area (Å²) >= 11 is 0. The van der Waals surface area contributed by atoms with Crippen LogP contribution in [0, 0.1) is 13.8 Å². The quantitative estimate of drug-likeness (QED) is 0.807. The molecule has 1 aromatic heterocycles. The Bertz CT molecular complexity index is 528. The zero-order valence-electron chi connectivity index (χ0n) is 9.99. The van der Waals surface area contributed by atoms with Crippen LogP contribution in [0.5, 0.6) is 0 Å². The first-order valence-electron chi connectivity index (χ1n) is 5.47. The van der Waals surface area contributed by atoms with Gasteiger partial charge in [0.15, 0.2) is 0 Å². The van der Waals surface area contributed by atoms with Crippen molar-refractivity contribution in [2.75, 3.05) is 6.61 Å². The van der Waals surface area contributed by atoms with Gasteiger partial charge in [-0.3, -0.25) is 0 Å². The van der Waals surface area contributed by atoms with Crippen LogP contribution in [0.1, 0.15) is 22.7 Å². The van der Waals surface area contributed by atoms with Crippen LogP contribution in [0.4, 0.5) is 0 Å². The Morgan fingerprint density at radius 3 is 2.69 bits per heavy atom. The first kappa shape index (κ1) is 11.2. The van der Waals surface area contributed by atoms with E-state index >= 15 is 0 Å². The molecule has 1 heterocycles. The highest BCUT2D eigenvalue weighted by Crippen LogP contribution is 2.28. The van der Waals surface area contributed by atoms with Crippen molar-refractivity contribution in [2.45, 2.75) is 19.9 Å². The van der Waals surface area contributed by atoms with Gasteiger partial charge in [-0.25, -0.2) is 0 Å². The maximum absolute atomic E-state index is 9.15. The van der Waals surface area contributed by atoms with Gasteiger partial charge in [0.25, 0.3) is 0 Å². The fourth-order valence-electron chi connectivity index (χ4n) is 2.23. The van der Waals surface area contributed by atoms with E-state index in [4.69, 9.17) is 10.8 Å². The molecular formula is C13H18N2O. The predicted octanol–water partition coefficient (Wildman–Crippen LogP) is 1.79. The summed E-state index contributed by atoms with van der Waals surface area (Å²) in [5.41, 5.74) is 10.7. The topological polar surface area (TPSA) is 51.2 Å². The number of aliphatic hydroxyl groups excluding tert-OH is 1. The minimum absolute atomic E-state index is 0.0218. The summed E-state index contributed by atoms with van der Waals surface area (Å²) in [4.78, 5) is 0. The van der Waals surface area contributed by atoms with E-state index in [0.717, 1.165) is 10.9 Å². The third-order valence-electron chi connectivity index (χ3n) is 3.29. The maximum Gasteiger partial charge on any atom is 0.0625 e. The molecule has 0 bridgehead atoms. The second-order valence-corrected chi connectivity index (χ2v) is 4.39. The number of aromatic nitrogens is 1. The lowest BCUT2D eigenvalue weighted by atomic mass is 10.0. The minimum Gasteiger partial charge on any atom is -0.394 e. The Labute approximate surface area is 95.5 Å². The number of nitrogens with two attached hydrogens (primary N) is 1. The molecule has 0 aliphatic carbocycles. The molecule has 0 fully saturated rings. The number of hydrogen-bond acceptors (Lipinski definition) is 2. The lowest BCUT2D eigenvalue weighted by Crippen LogP contribution is -2.13. The van der Waals surface area contributed by atoms with Gasteiger partial charge < -0.3 is 15.4 Å². The zero-order valence-corrected chi connectivity index (χ0v) is 9.99. The largest absolute Gasteiger partial charge is 0.394 e. The van der Waals surface area contributed by atoms with Crippen LogP contribution >= 0.6 is 0 Å². The van der Waals surface area contributed by atoms with Crippen LogP contribution in [0.3, 0.4) is 0 Å². The van der Waals surface area contributed by atoms with Gasteiger partial charge in [0.2, 0.25) is 0 Å². The molecule has 1 aromatic carbocycles. The summed E-state index contributed by atoms with van der Waals surface area (Å²) in [5, 5.41) is 10.3. The van der Waals surface area contributed by atoms with E-state index in [-0.39, 0.29) is 12.6 Å². The average molecular weight is 218 g/mol. The average Bonchev–Trinajstić information content (AvgIpc) is 2.61. The first-order chi connectivity index (χ1) is 7.56. The molecule has 1 atom stereocenters. The molecule has 0 amide bonds. The number of hydrogen-bond donors (Lipinski definition) is 2. The molecule has 3 N–H and O–H groups in total. The van der Waals surface area contributed by atoms with Gasteiger partial charge in [-0.05, 0) is 30.5 Å². The zero-order chi connectivity index (χ0) is 11.9. The highest BCUT2D eigenvalue weighted by atomic mass is 16.3. The van der Waals surface area contributed by atoms with E-state index in [0.29, 0.717) is 0 Å². The third-order valence-corrected chi connectivity index (χ3v) is 3.29. The summed E-state index contributed by atoms with van der Waals surface area (Å²) in [6, 6.07) is 3.89. The summed E-state index contributed by atoms with van der Waals surface area (Å²) < 4.78 is 2.09. The minimum atomic E-state index is -0.300. The van der Waals surface area contributed by atoms with Crippen molar-refractivity contribution in [3.05, 3.63) is 35.0 Å². The van der Waals surface area contributed by atoms with Gasteiger partial charge >= 0.3 is 0 Å². The number of aryl methyl sites for hydroxylation is 3. The van der Waals surface area contributed by atoms with Crippen LogP contribution in [0.2, 0.25) is 0 Å². The SMILES string of the molecule is Cc1ccc2c(C(N)CO)cn(C)c2c1C. The molecule has 1 unspecified atom stereocenters. The summed E-state index contributed by atoms with van der Waals surface area (Å²) in [6.07, 6.45) is 2.01. The molecule has 2 aromatic rings. The van der Waals surface area contributed by atoms with E-state index in [1.54, 1.807) is 0 Å². The monoisotopic (exact) mass is 218 g/mol. The number of rotatable bonds is 2. The van der Waals surface area contributed by atoms with Crippen molar-refractivity contribution in [1.82, 2.24) is 4.57 Å². The Morgan fingerprint density at radius 2 is 2.06 bits per heavy atom. The van der Waals surface area contributed by atoms with Gasteiger partial charge in [0.05, 0.1) is 18.2 Å². The fraction of sp³-hybridized carbons (Fsp3) is 0.385. The van der Waals surface area contributed by atoms with E-state index in [9.17, 15) is 0 Å². The summed E-state index contributed by atoms with van der Waals surface area (Å²) in [7, 11) is 2.02. The van der Waals surface area contributed by atoms with Crippen LogP contribution in [-0.2, 0) is 7.05 Å². The van der Waals surface area contributed by atoms with E-state index < -0.39 is 0 Å². The Morgan fingerprint density at radius 1 is 1.38 bits per heavy atom. The normalized spacial score (nSPS) is 13.3. The van der Waals surface area contributed by atoms with Crippen molar-refractivity contribution in [1.29, 1.82) is 0 Å². The van der Waals surface area contributed by atoms with Gasteiger partial charge in [-0.15, -0.1) is 0 Å². The van der Waals surface area contributed by atoms with Crippen LogP contribution in [0.25, 0.3) is 10.9 Å². The predicted molar refractivity (Wildman–Crippen MR) is 66.4 cm³/mol. The molecule has 86 valence electrons. The number of benzene rings is 1. The van der Waals surface area contributed by atoms with E-state index in [1.165, 1.54) is 16.6 Å². The standard InChI is InChI=1S/C13H18N2O/c1-8-4-5-10-11(12(14)7-16)6-15(3)13(10)9(8)2/h4-6,12,16H,7,14H2,1-3H3. The molecule has 0 aliphatic rings. The lowest BCUT2D eigenvalue weighted by molar-refractivity contribution is 0.268. The van der Waals surface area contributed by atoms with Crippen LogP contribution < -0.4 is 5.73 Å². The number of aliphatic hydroxyl groups is 1. The van der Waals surface area contributed by atoms with Crippen molar-refractivity contribution >= 4 is 10.9 Å². The van der Waals surface area contributed by atoms with Crippen molar-refractivity contribution in [3.8, 4) is 0 Å². The van der Waals surface area contributed by atoms with E-state index in [2.05, 4.69) is 30.5 Å². The molecular weight excluding hydrogens is 200 g/mol. The van der Waals surface area contributed by atoms with Crippen LogP contribution in [-0.4, -0.2) is 16.3 Å². The van der Waals surface area contributed by atoms with Crippen molar-refractivity contribution in [2.24, 2.45) is 12.8 Å². The maximum atomic E-state index is 9.15. The molecule has 0 aliphatic heterocycles. The van der Waals surface area contributed by atoms with Crippen LogP contribution in [0.15, 0.2) is 18.3 Å². The Balaban J connectivity index is 2.77. The highest BCUT2D eigenvalue weighted by Gasteiger charge is 2.14. The molecule has 0 radical (unpaired) electrons.